The van der Waals surface area contributed by atoms with E-state index in [-0.39, 0.29) is 29.5 Å². The van der Waals surface area contributed by atoms with Gasteiger partial charge < -0.3 is 14.4 Å². The van der Waals surface area contributed by atoms with Crippen LogP contribution in [-0.2, 0) is 4.74 Å². The molecule has 0 unspecified atom stereocenters. The highest BCUT2D eigenvalue weighted by Crippen LogP contribution is 2.31. The van der Waals surface area contributed by atoms with Crippen molar-refractivity contribution in [2.45, 2.75) is 32.2 Å². The van der Waals surface area contributed by atoms with Gasteiger partial charge in [-0.15, -0.1) is 0 Å². The Morgan fingerprint density at radius 1 is 1.12 bits per heavy atom. The Morgan fingerprint density at radius 2 is 1.82 bits per heavy atom. The van der Waals surface area contributed by atoms with Crippen LogP contribution in [0.5, 0.6) is 5.75 Å². The van der Waals surface area contributed by atoms with Crippen LogP contribution in [-0.4, -0.2) is 55.0 Å². The predicted octanol–water partition coefficient (Wildman–Crippen LogP) is 3.42. The molecule has 2 aliphatic heterocycles. The minimum absolute atomic E-state index is 0.0226. The number of nitriles is 1. The zero-order valence-electron chi connectivity index (χ0n) is 18.5. The maximum atomic E-state index is 13.3. The molecule has 0 atom stereocenters. The van der Waals surface area contributed by atoms with Crippen molar-refractivity contribution in [1.82, 2.24) is 4.90 Å². The zero-order chi connectivity index (χ0) is 23.4. The molecule has 4 rings (SSSR count). The van der Waals surface area contributed by atoms with E-state index in [4.69, 9.17) is 14.7 Å². The van der Waals surface area contributed by atoms with Crippen molar-refractivity contribution in [3.05, 3.63) is 59.2 Å². The highest BCUT2D eigenvalue weighted by atomic mass is 16.5. The molecule has 1 fully saturated rings. The van der Waals surface area contributed by atoms with Gasteiger partial charge in [-0.1, -0.05) is 0 Å². The van der Waals surface area contributed by atoms with E-state index in [1.807, 2.05) is 6.92 Å². The molecular formula is C25H25N3O5. The number of hydrogen-bond donors (Lipinski definition) is 0. The number of carbonyl (C=O) groups excluding carboxylic acids is 3. The topological polar surface area (TPSA) is 99.9 Å². The summed E-state index contributed by atoms with van der Waals surface area (Å²) in [7, 11) is 0. The molecule has 8 heteroatoms. The van der Waals surface area contributed by atoms with Crippen molar-refractivity contribution < 1.29 is 23.9 Å². The van der Waals surface area contributed by atoms with Crippen molar-refractivity contribution in [3.8, 4) is 11.8 Å². The van der Waals surface area contributed by atoms with Gasteiger partial charge in [-0.2, -0.15) is 5.26 Å². The van der Waals surface area contributed by atoms with Gasteiger partial charge in [0.2, 0.25) is 0 Å². The lowest BCUT2D eigenvalue weighted by atomic mass is 10.0. The van der Waals surface area contributed by atoms with Crippen LogP contribution in [0.3, 0.4) is 0 Å². The lowest BCUT2D eigenvalue weighted by Gasteiger charge is -2.34. The number of benzene rings is 2. The first kappa shape index (κ1) is 22.5. The van der Waals surface area contributed by atoms with Gasteiger partial charge >= 0.3 is 0 Å². The van der Waals surface area contributed by atoms with Crippen LogP contribution in [0.2, 0.25) is 0 Å². The first-order valence-corrected chi connectivity index (χ1v) is 11.1. The number of amides is 3. The van der Waals surface area contributed by atoms with Crippen LogP contribution in [0.1, 0.15) is 57.3 Å². The lowest BCUT2D eigenvalue weighted by Crippen LogP contribution is -2.44. The summed E-state index contributed by atoms with van der Waals surface area (Å²) >= 11 is 0. The molecule has 2 aromatic carbocycles. The third-order valence-corrected chi connectivity index (χ3v) is 5.90. The minimum Gasteiger partial charge on any atom is -0.494 e. The normalized spacial score (nSPS) is 15.8. The third kappa shape index (κ3) is 4.45. The lowest BCUT2D eigenvalue weighted by molar-refractivity contribution is 0.0296. The van der Waals surface area contributed by atoms with Gasteiger partial charge in [0.05, 0.1) is 35.9 Å². The quantitative estimate of drug-likeness (QED) is 0.603. The third-order valence-electron chi connectivity index (χ3n) is 5.90. The average Bonchev–Trinajstić information content (AvgIpc) is 3.10. The van der Waals surface area contributed by atoms with Gasteiger partial charge in [-0.25, -0.2) is 4.90 Å². The molecule has 0 radical (unpaired) electrons. The van der Waals surface area contributed by atoms with Crippen LogP contribution < -0.4 is 9.64 Å². The van der Waals surface area contributed by atoms with Crippen molar-refractivity contribution >= 4 is 23.4 Å². The summed E-state index contributed by atoms with van der Waals surface area (Å²) in [6, 6.07) is 13.4. The summed E-state index contributed by atoms with van der Waals surface area (Å²) in [5.74, 6) is -0.497. The minimum atomic E-state index is -0.469. The summed E-state index contributed by atoms with van der Waals surface area (Å²) < 4.78 is 10.8. The summed E-state index contributed by atoms with van der Waals surface area (Å²) in [5.41, 5.74) is 1.23. The Hall–Kier alpha value is -3.70. The Morgan fingerprint density at radius 3 is 2.48 bits per heavy atom. The predicted molar refractivity (Wildman–Crippen MR) is 120 cm³/mol. The molecule has 0 N–H and O–H groups in total. The van der Waals surface area contributed by atoms with Crippen LogP contribution in [0.25, 0.3) is 0 Å². The van der Waals surface area contributed by atoms with Crippen LogP contribution in [0.4, 0.5) is 5.69 Å². The Labute approximate surface area is 192 Å². The molecular weight excluding hydrogens is 422 g/mol. The fourth-order valence-corrected chi connectivity index (χ4v) is 4.25. The van der Waals surface area contributed by atoms with Crippen LogP contribution in [0, 0.1) is 11.3 Å². The van der Waals surface area contributed by atoms with Gasteiger partial charge in [0.15, 0.2) is 0 Å². The maximum Gasteiger partial charge on any atom is 0.266 e. The molecule has 2 aliphatic rings. The Kier molecular flexibility index (Phi) is 6.71. The molecule has 8 nitrogen and oxygen atoms in total. The summed E-state index contributed by atoms with van der Waals surface area (Å²) in [4.78, 5) is 42.2. The van der Waals surface area contributed by atoms with E-state index >= 15 is 0 Å². The fraction of sp³-hybridized carbons (Fsp3) is 0.360. The van der Waals surface area contributed by atoms with Crippen molar-refractivity contribution in [3.63, 3.8) is 0 Å². The molecule has 3 amide bonds. The second-order valence-corrected chi connectivity index (χ2v) is 7.88. The molecule has 1 saturated heterocycles. The van der Waals surface area contributed by atoms with Gasteiger partial charge in [-0.3, -0.25) is 14.4 Å². The molecule has 0 spiro atoms. The highest BCUT2D eigenvalue weighted by molar-refractivity contribution is 6.34. The second kappa shape index (κ2) is 9.84. The van der Waals surface area contributed by atoms with E-state index in [0.717, 1.165) is 4.90 Å². The molecule has 33 heavy (non-hydrogen) atoms. The molecule has 2 aromatic rings. The molecule has 2 heterocycles. The number of rotatable bonds is 7. The van der Waals surface area contributed by atoms with Gasteiger partial charge in [0.25, 0.3) is 17.7 Å². The van der Waals surface area contributed by atoms with Crippen LogP contribution >= 0.6 is 0 Å². The summed E-state index contributed by atoms with van der Waals surface area (Å²) in [6.45, 7) is 3.83. The molecule has 170 valence electrons. The molecule has 0 bridgehead atoms. The van der Waals surface area contributed by atoms with Crippen molar-refractivity contribution in [2.24, 2.45) is 0 Å². The van der Waals surface area contributed by atoms with Gasteiger partial charge in [0, 0.05) is 31.4 Å². The van der Waals surface area contributed by atoms with Gasteiger partial charge in [0.1, 0.15) is 5.75 Å². The van der Waals surface area contributed by atoms with Crippen molar-refractivity contribution in [2.75, 3.05) is 31.3 Å². The van der Waals surface area contributed by atoms with E-state index in [9.17, 15) is 14.4 Å². The number of fused-ring (bicyclic) bond motifs is 1. The van der Waals surface area contributed by atoms with Gasteiger partial charge in [-0.05, 0) is 62.2 Å². The monoisotopic (exact) mass is 447 g/mol. The summed E-state index contributed by atoms with van der Waals surface area (Å²) in [6.07, 6.45) is 1.62. The Balaban J connectivity index is 1.60. The number of anilines is 1. The number of nitrogens with zero attached hydrogens (tertiary/aromatic N) is 3. The number of ether oxygens (including phenoxy) is 2. The largest absolute Gasteiger partial charge is 0.494 e. The van der Waals surface area contributed by atoms with E-state index in [1.165, 1.54) is 12.1 Å². The van der Waals surface area contributed by atoms with Crippen molar-refractivity contribution in [1.29, 1.82) is 5.26 Å². The standard InChI is InChI=1S/C25H25N3O5/c1-2-33-20-7-5-19(6-8-20)28-24(30)21-9-4-17(16-22(21)25(28)31)23(29)27(13-3-12-26)18-10-14-32-15-11-18/h4-9,16,18H,2-3,10-11,13-15H2,1H3. The SMILES string of the molecule is CCOc1ccc(N2C(=O)c3ccc(C(=O)N(CCC#N)C4CCOCC4)cc3C2=O)cc1. The molecule has 0 aliphatic carbocycles. The molecule has 0 aromatic heterocycles. The first-order valence-electron chi connectivity index (χ1n) is 11.1. The van der Waals surface area contributed by atoms with E-state index in [2.05, 4.69) is 6.07 Å². The van der Waals surface area contributed by atoms with E-state index in [1.54, 1.807) is 35.2 Å². The number of hydrogen-bond acceptors (Lipinski definition) is 6. The number of imide groups is 1. The first-order chi connectivity index (χ1) is 16.0. The molecule has 0 saturated carbocycles. The fourth-order valence-electron chi connectivity index (χ4n) is 4.25. The second-order valence-electron chi connectivity index (χ2n) is 7.88. The van der Waals surface area contributed by atoms with E-state index < -0.39 is 11.8 Å². The average molecular weight is 447 g/mol. The maximum absolute atomic E-state index is 13.3. The Bertz CT molecular complexity index is 1100. The summed E-state index contributed by atoms with van der Waals surface area (Å²) in [5, 5.41) is 9.03. The van der Waals surface area contributed by atoms with Crippen LogP contribution in [0.15, 0.2) is 42.5 Å². The smallest absolute Gasteiger partial charge is 0.266 e. The number of carbonyl (C=O) groups is 3. The van der Waals surface area contributed by atoms with E-state index in [0.29, 0.717) is 56.2 Å². The highest BCUT2D eigenvalue weighted by Gasteiger charge is 2.38. The zero-order valence-corrected chi connectivity index (χ0v) is 18.5.